The normalized spacial score (nSPS) is 14.5. The third-order valence-corrected chi connectivity index (χ3v) is 11.2. The SMILES string of the molecule is CCCCC/C=C\C/C=C\CCCCCCCC(=O)N(CCCN1CCOCC1)C(C(=O)NCCCCCCCCCCCCCCCCCC)C(C)C. The van der Waals surface area contributed by atoms with Crippen LogP contribution in [0.4, 0.5) is 0 Å². The highest BCUT2D eigenvalue weighted by atomic mass is 16.5. The van der Waals surface area contributed by atoms with E-state index in [9.17, 15) is 9.59 Å². The molecule has 0 saturated carbocycles. The summed E-state index contributed by atoms with van der Waals surface area (Å²) in [4.78, 5) is 31.7. The van der Waals surface area contributed by atoms with Gasteiger partial charge < -0.3 is 15.0 Å². The van der Waals surface area contributed by atoms with Crippen LogP contribution >= 0.6 is 0 Å². The Balaban J connectivity index is 2.35. The van der Waals surface area contributed by atoms with Crippen molar-refractivity contribution in [2.75, 3.05) is 45.9 Å². The molecule has 316 valence electrons. The number of allylic oxidation sites excluding steroid dienone is 4. The number of hydrogen-bond donors (Lipinski definition) is 1. The average Bonchev–Trinajstić information content (AvgIpc) is 3.17. The van der Waals surface area contributed by atoms with E-state index in [-0.39, 0.29) is 17.7 Å². The van der Waals surface area contributed by atoms with Gasteiger partial charge in [0.05, 0.1) is 13.2 Å². The Morgan fingerprint density at radius 3 is 1.61 bits per heavy atom. The summed E-state index contributed by atoms with van der Waals surface area (Å²) in [7, 11) is 0. The van der Waals surface area contributed by atoms with Gasteiger partial charge in [0, 0.05) is 39.1 Å². The Bertz CT molecular complexity index is 898. The number of morpholine rings is 1. The first-order valence-corrected chi connectivity index (χ1v) is 23.7. The van der Waals surface area contributed by atoms with Crippen LogP contribution < -0.4 is 5.32 Å². The number of nitrogens with zero attached hydrogens (tertiary/aromatic N) is 2. The summed E-state index contributed by atoms with van der Waals surface area (Å²) >= 11 is 0. The van der Waals surface area contributed by atoms with Crippen LogP contribution in [0.3, 0.4) is 0 Å². The number of carbonyl (C=O) groups is 2. The first kappa shape index (κ1) is 50.4. The number of ether oxygens (including phenoxy) is 1. The topological polar surface area (TPSA) is 61.9 Å². The molecular formula is C48H91N3O3. The highest BCUT2D eigenvalue weighted by molar-refractivity contribution is 5.87. The van der Waals surface area contributed by atoms with Gasteiger partial charge in [-0.1, -0.05) is 180 Å². The Labute approximate surface area is 336 Å². The monoisotopic (exact) mass is 758 g/mol. The van der Waals surface area contributed by atoms with E-state index in [4.69, 9.17) is 4.74 Å². The number of amides is 2. The maximum absolute atomic E-state index is 13.7. The third-order valence-electron chi connectivity index (χ3n) is 11.2. The predicted molar refractivity (Wildman–Crippen MR) is 234 cm³/mol. The van der Waals surface area contributed by atoms with Crippen molar-refractivity contribution in [2.24, 2.45) is 5.92 Å². The van der Waals surface area contributed by atoms with Gasteiger partial charge in [0.15, 0.2) is 0 Å². The van der Waals surface area contributed by atoms with Gasteiger partial charge in [-0.15, -0.1) is 0 Å². The second-order valence-electron chi connectivity index (χ2n) is 16.7. The Hall–Kier alpha value is -1.66. The molecule has 0 spiro atoms. The molecule has 2 amide bonds. The molecule has 1 atom stereocenters. The number of unbranched alkanes of at least 4 members (excludes halogenated alkanes) is 23. The van der Waals surface area contributed by atoms with E-state index in [1.54, 1.807) is 0 Å². The van der Waals surface area contributed by atoms with E-state index in [1.165, 1.54) is 141 Å². The highest BCUT2D eigenvalue weighted by Gasteiger charge is 2.31. The molecule has 1 heterocycles. The van der Waals surface area contributed by atoms with Crippen molar-refractivity contribution >= 4 is 11.8 Å². The lowest BCUT2D eigenvalue weighted by Crippen LogP contribution is -2.53. The van der Waals surface area contributed by atoms with E-state index in [1.807, 2.05) is 4.90 Å². The standard InChI is InChI=1S/C48H91N3O3/c1-5-7-9-11-13-15-17-19-21-23-25-27-29-31-33-35-38-49-48(53)47(45(3)4)51(40-36-39-50-41-43-54-44-42-50)46(52)37-34-32-30-28-26-24-22-20-18-16-14-12-10-8-6-2/h14,16,20,22,45,47H,5-13,15,17-19,21,23-44H2,1-4H3,(H,49,53)/b16-14-,22-20-. The molecule has 1 rings (SSSR count). The summed E-state index contributed by atoms with van der Waals surface area (Å²) in [5, 5.41) is 3.24. The van der Waals surface area contributed by atoms with E-state index in [0.29, 0.717) is 19.5 Å². The van der Waals surface area contributed by atoms with E-state index < -0.39 is 6.04 Å². The lowest BCUT2D eigenvalue weighted by Gasteiger charge is -2.35. The van der Waals surface area contributed by atoms with Crippen LogP contribution in [0.2, 0.25) is 0 Å². The molecule has 0 aromatic heterocycles. The summed E-state index contributed by atoms with van der Waals surface area (Å²) in [6, 6.07) is -0.402. The molecule has 0 aliphatic carbocycles. The summed E-state index contributed by atoms with van der Waals surface area (Å²) in [6.07, 6.45) is 45.1. The first-order valence-electron chi connectivity index (χ1n) is 23.7. The Morgan fingerprint density at radius 2 is 1.07 bits per heavy atom. The van der Waals surface area contributed by atoms with Crippen LogP contribution in [0.1, 0.15) is 214 Å². The van der Waals surface area contributed by atoms with E-state index >= 15 is 0 Å². The van der Waals surface area contributed by atoms with Crippen LogP contribution in [-0.4, -0.2) is 73.6 Å². The zero-order valence-corrected chi connectivity index (χ0v) is 36.5. The predicted octanol–water partition coefficient (Wildman–Crippen LogP) is 12.8. The van der Waals surface area contributed by atoms with Gasteiger partial charge >= 0.3 is 0 Å². The van der Waals surface area contributed by atoms with Gasteiger partial charge in [-0.05, 0) is 57.3 Å². The lowest BCUT2D eigenvalue weighted by atomic mass is 9.99. The fraction of sp³-hybridized carbons (Fsp3) is 0.875. The van der Waals surface area contributed by atoms with Crippen LogP contribution in [0.25, 0.3) is 0 Å². The quantitative estimate of drug-likeness (QED) is 0.0503. The van der Waals surface area contributed by atoms with Gasteiger partial charge in [-0.3, -0.25) is 14.5 Å². The smallest absolute Gasteiger partial charge is 0.243 e. The largest absolute Gasteiger partial charge is 0.379 e. The zero-order valence-electron chi connectivity index (χ0n) is 36.5. The minimum Gasteiger partial charge on any atom is -0.379 e. The molecule has 6 heteroatoms. The fourth-order valence-electron chi connectivity index (χ4n) is 7.73. The minimum absolute atomic E-state index is 0.0331. The van der Waals surface area contributed by atoms with Crippen molar-refractivity contribution in [3.05, 3.63) is 24.3 Å². The first-order chi connectivity index (χ1) is 26.5. The maximum atomic E-state index is 13.7. The molecule has 0 radical (unpaired) electrons. The van der Waals surface area contributed by atoms with Gasteiger partial charge in [0.1, 0.15) is 6.04 Å². The second kappa shape index (κ2) is 38.2. The molecule has 54 heavy (non-hydrogen) atoms. The summed E-state index contributed by atoms with van der Waals surface area (Å²) in [5.74, 6) is 0.261. The van der Waals surface area contributed by atoms with E-state index in [0.717, 1.165) is 71.4 Å². The Morgan fingerprint density at radius 1 is 0.611 bits per heavy atom. The molecular weight excluding hydrogens is 667 g/mol. The molecule has 1 aliphatic rings. The van der Waals surface area contributed by atoms with Crippen molar-refractivity contribution in [3.63, 3.8) is 0 Å². The van der Waals surface area contributed by atoms with Crippen molar-refractivity contribution in [1.29, 1.82) is 0 Å². The van der Waals surface area contributed by atoms with Crippen LogP contribution in [-0.2, 0) is 14.3 Å². The van der Waals surface area contributed by atoms with Crippen LogP contribution in [0.5, 0.6) is 0 Å². The van der Waals surface area contributed by atoms with E-state index in [2.05, 4.69) is 62.2 Å². The molecule has 0 bridgehead atoms. The minimum atomic E-state index is -0.402. The van der Waals surface area contributed by atoms with Crippen LogP contribution in [0, 0.1) is 5.92 Å². The molecule has 0 aromatic carbocycles. The molecule has 1 saturated heterocycles. The summed E-state index contributed by atoms with van der Waals surface area (Å²) in [5.41, 5.74) is 0. The number of rotatable bonds is 38. The molecule has 0 aromatic rings. The van der Waals surface area contributed by atoms with Crippen molar-refractivity contribution in [1.82, 2.24) is 15.1 Å². The number of hydrogen-bond acceptors (Lipinski definition) is 4. The number of carbonyl (C=O) groups excluding carboxylic acids is 2. The van der Waals surface area contributed by atoms with Crippen LogP contribution in [0.15, 0.2) is 24.3 Å². The van der Waals surface area contributed by atoms with Gasteiger partial charge in [-0.25, -0.2) is 0 Å². The summed E-state index contributed by atoms with van der Waals surface area (Å²) < 4.78 is 5.53. The third kappa shape index (κ3) is 29.6. The van der Waals surface area contributed by atoms with Gasteiger partial charge in [0.2, 0.25) is 11.8 Å². The van der Waals surface area contributed by atoms with Crippen molar-refractivity contribution in [2.45, 2.75) is 220 Å². The molecule has 1 N–H and O–H groups in total. The highest BCUT2D eigenvalue weighted by Crippen LogP contribution is 2.18. The van der Waals surface area contributed by atoms with Crippen molar-refractivity contribution in [3.8, 4) is 0 Å². The lowest BCUT2D eigenvalue weighted by molar-refractivity contribution is -0.142. The molecule has 1 aliphatic heterocycles. The van der Waals surface area contributed by atoms with Crippen molar-refractivity contribution < 1.29 is 14.3 Å². The molecule has 6 nitrogen and oxygen atoms in total. The van der Waals surface area contributed by atoms with Gasteiger partial charge in [0.25, 0.3) is 0 Å². The number of nitrogens with one attached hydrogen (secondary N) is 1. The Kier molecular flexibility index (Phi) is 35.6. The van der Waals surface area contributed by atoms with Gasteiger partial charge in [-0.2, -0.15) is 0 Å². The molecule has 1 fully saturated rings. The molecule has 1 unspecified atom stereocenters. The second-order valence-corrected chi connectivity index (χ2v) is 16.7. The fourth-order valence-corrected chi connectivity index (χ4v) is 7.73. The average molecular weight is 758 g/mol. The maximum Gasteiger partial charge on any atom is 0.243 e. The zero-order chi connectivity index (χ0) is 39.2. The summed E-state index contributed by atoms with van der Waals surface area (Å²) in [6.45, 7) is 14.5.